The summed E-state index contributed by atoms with van der Waals surface area (Å²) in [5, 5.41) is 19.9. The maximum absolute atomic E-state index is 12.0. The molecule has 0 spiro atoms. The first-order chi connectivity index (χ1) is 9.99. The molecule has 0 heterocycles. The van der Waals surface area contributed by atoms with Crippen molar-refractivity contribution in [3.05, 3.63) is 47.7 Å². The van der Waals surface area contributed by atoms with Crippen LogP contribution in [0.3, 0.4) is 0 Å². The number of hydrogen-bond donors (Lipinski definition) is 2. The maximum Gasteiger partial charge on any atom is 0.343 e. The van der Waals surface area contributed by atoms with Crippen LogP contribution in [0.2, 0.25) is 0 Å². The molecule has 0 fully saturated rings. The molecule has 0 aromatic heterocycles. The Balaban J connectivity index is 2.62. The third kappa shape index (κ3) is 5.33. The zero-order valence-electron chi connectivity index (χ0n) is 12.8. The first kappa shape index (κ1) is 17.4. The monoisotopic (exact) mass is 292 g/mol. The summed E-state index contributed by atoms with van der Waals surface area (Å²) in [4.78, 5) is 12.0. The normalized spacial score (nSPS) is 16.1. The van der Waals surface area contributed by atoms with E-state index in [0.29, 0.717) is 17.7 Å². The Morgan fingerprint density at radius 1 is 1.24 bits per heavy atom. The van der Waals surface area contributed by atoms with Gasteiger partial charge in [-0.1, -0.05) is 32.0 Å². The van der Waals surface area contributed by atoms with Gasteiger partial charge in [0.2, 0.25) is 0 Å². The van der Waals surface area contributed by atoms with Gasteiger partial charge in [0.1, 0.15) is 5.76 Å². The predicted molar refractivity (Wildman–Crippen MR) is 81.7 cm³/mol. The summed E-state index contributed by atoms with van der Waals surface area (Å²) in [5.41, 5.74) is 0.466. The lowest BCUT2D eigenvalue weighted by atomic mass is 9.93. The van der Waals surface area contributed by atoms with Crippen molar-refractivity contribution in [1.29, 1.82) is 0 Å². The summed E-state index contributed by atoms with van der Waals surface area (Å²) in [6.45, 7) is 5.40. The van der Waals surface area contributed by atoms with Crippen LogP contribution in [0.4, 0.5) is 0 Å². The Bertz CT molecular complexity index is 467. The fraction of sp³-hybridized carbons (Fsp3) is 0.471. The van der Waals surface area contributed by atoms with Crippen LogP contribution in [0.25, 0.3) is 0 Å². The molecule has 1 rings (SSSR count). The zero-order valence-corrected chi connectivity index (χ0v) is 12.8. The van der Waals surface area contributed by atoms with Crippen LogP contribution in [0.1, 0.15) is 44.0 Å². The summed E-state index contributed by atoms with van der Waals surface area (Å²) in [6, 6.07) is 8.71. The Kier molecular flexibility index (Phi) is 7.12. The number of aliphatic hydroxyl groups is 2. The first-order valence-corrected chi connectivity index (χ1v) is 7.28. The number of allylic oxidation sites excluding steroid dienone is 1. The van der Waals surface area contributed by atoms with E-state index < -0.39 is 18.2 Å². The maximum atomic E-state index is 12.0. The average Bonchev–Trinajstić information content (AvgIpc) is 2.53. The van der Waals surface area contributed by atoms with Crippen LogP contribution >= 0.6 is 0 Å². The third-order valence-electron chi connectivity index (χ3n) is 3.60. The quantitative estimate of drug-likeness (QED) is 0.599. The van der Waals surface area contributed by atoms with Crippen molar-refractivity contribution >= 4 is 5.97 Å². The lowest BCUT2D eigenvalue weighted by molar-refractivity contribution is 0.0129. The molecule has 0 saturated carbocycles. The average molecular weight is 292 g/mol. The van der Waals surface area contributed by atoms with Gasteiger partial charge in [0.15, 0.2) is 0 Å². The largest absolute Gasteiger partial charge is 0.428 e. The standard InChI is InChI=1S/C17H24O4/c1-4-14(11-16(19)12(3)15(18)5-2)21-17(20)13-9-7-6-8-10-13/h4,6-10,12,15-16,18-19H,5,11H2,1-3H3/b14-4-/t12-,15-,16-/m1/s1. The van der Waals surface area contributed by atoms with E-state index in [-0.39, 0.29) is 12.3 Å². The van der Waals surface area contributed by atoms with Gasteiger partial charge in [-0.05, 0) is 31.6 Å². The van der Waals surface area contributed by atoms with Gasteiger partial charge < -0.3 is 14.9 Å². The zero-order chi connectivity index (χ0) is 15.8. The van der Waals surface area contributed by atoms with E-state index >= 15 is 0 Å². The SMILES string of the molecule is C/C=C(/C[C@@H](O)[C@H](C)[C@H](O)CC)OC(=O)c1ccccc1. The molecule has 4 heteroatoms. The molecule has 0 bridgehead atoms. The van der Waals surface area contributed by atoms with Crippen LogP contribution in [0.15, 0.2) is 42.2 Å². The third-order valence-corrected chi connectivity index (χ3v) is 3.60. The van der Waals surface area contributed by atoms with Crippen LogP contribution in [-0.2, 0) is 4.74 Å². The van der Waals surface area contributed by atoms with Gasteiger partial charge in [-0.3, -0.25) is 0 Å². The lowest BCUT2D eigenvalue weighted by Crippen LogP contribution is -2.29. The molecule has 0 radical (unpaired) electrons. The second kappa shape index (κ2) is 8.60. The van der Waals surface area contributed by atoms with E-state index in [4.69, 9.17) is 4.74 Å². The Labute approximate surface area is 126 Å². The summed E-state index contributed by atoms with van der Waals surface area (Å²) in [6.07, 6.45) is 1.12. The van der Waals surface area contributed by atoms with Gasteiger partial charge in [0, 0.05) is 12.3 Å². The molecule has 1 aromatic rings. The number of benzene rings is 1. The molecular weight excluding hydrogens is 268 g/mol. The van der Waals surface area contributed by atoms with Gasteiger partial charge in [-0.2, -0.15) is 0 Å². The van der Waals surface area contributed by atoms with E-state index in [1.807, 2.05) is 13.0 Å². The minimum absolute atomic E-state index is 0.202. The van der Waals surface area contributed by atoms with E-state index in [2.05, 4.69) is 0 Å². The number of hydrogen-bond acceptors (Lipinski definition) is 4. The van der Waals surface area contributed by atoms with Gasteiger partial charge >= 0.3 is 5.97 Å². The molecule has 0 amide bonds. The number of carbonyl (C=O) groups excluding carboxylic acids is 1. The topological polar surface area (TPSA) is 66.8 Å². The smallest absolute Gasteiger partial charge is 0.343 e. The van der Waals surface area contributed by atoms with Crippen LogP contribution in [-0.4, -0.2) is 28.4 Å². The predicted octanol–water partition coefficient (Wildman–Crippen LogP) is 2.91. The minimum atomic E-state index is -0.755. The Morgan fingerprint density at radius 3 is 2.38 bits per heavy atom. The van der Waals surface area contributed by atoms with E-state index in [1.165, 1.54) is 0 Å². The van der Waals surface area contributed by atoms with Crippen molar-refractivity contribution in [2.75, 3.05) is 0 Å². The summed E-state index contributed by atoms with van der Waals surface area (Å²) in [7, 11) is 0. The van der Waals surface area contributed by atoms with Gasteiger partial charge in [0.05, 0.1) is 17.8 Å². The summed E-state index contributed by atoms with van der Waals surface area (Å²) < 4.78 is 5.30. The van der Waals surface area contributed by atoms with Crippen molar-refractivity contribution < 1.29 is 19.7 Å². The second-order valence-corrected chi connectivity index (χ2v) is 5.12. The molecule has 0 aliphatic heterocycles. The van der Waals surface area contributed by atoms with E-state index in [9.17, 15) is 15.0 Å². The summed E-state index contributed by atoms with van der Waals surface area (Å²) >= 11 is 0. The molecule has 0 unspecified atom stereocenters. The van der Waals surface area contributed by atoms with Crippen molar-refractivity contribution in [3.63, 3.8) is 0 Å². The molecule has 21 heavy (non-hydrogen) atoms. The van der Waals surface area contributed by atoms with Crippen molar-refractivity contribution in [2.24, 2.45) is 5.92 Å². The van der Waals surface area contributed by atoms with Crippen molar-refractivity contribution in [1.82, 2.24) is 0 Å². The molecule has 116 valence electrons. The molecule has 4 nitrogen and oxygen atoms in total. The molecule has 1 aromatic carbocycles. The molecule has 0 aliphatic rings. The Morgan fingerprint density at radius 2 is 1.86 bits per heavy atom. The van der Waals surface area contributed by atoms with Crippen LogP contribution in [0, 0.1) is 5.92 Å². The number of ether oxygens (including phenoxy) is 1. The summed E-state index contributed by atoms with van der Waals surface area (Å²) in [5.74, 6) is -0.313. The van der Waals surface area contributed by atoms with Gasteiger partial charge in [-0.15, -0.1) is 0 Å². The minimum Gasteiger partial charge on any atom is -0.428 e. The van der Waals surface area contributed by atoms with Crippen molar-refractivity contribution in [3.8, 4) is 0 Å². The number of rotatable bonds is 7. The molecule has 2 N–H and O–H groups in total. The number of aliphatic hydroxyl groups excluding tert-OH is 2. The van der Waals surface area contributed by atoms with Gasteiger partial charge in [-0.25, -0.2) is 4.79 Å². The highest BCUT2D eigenvalue weighted by molar-refractivity contribution is 5.89. The highest BCUT2D eigenvalue weighted by Gasteiger charge is 2.23. The lowest BCUT2D eigenvalue weighted by Gasteiger charge is -2.23. The van der Waals surface area contributed by atoms with Crippen molar-refractivity contribution in [2.45, 2.75) is 45.8 Å². The molecule has 0 saturated heterocycles. The van der Waals surface area contributed by atoms with Crippen LogP contribution < -0.4 is 0 Å². The molecular formula is C17H24O4. The number of esters is 1. The fourth-order valence-corrected chi connectivity index (χ4v) is 1.99. The first-order valence-electron chi connectivity index (χ1n) is 7.28. The van der Waals surface area contributed by atoms with Crippen LogP contribution in [0.5, 0.6) is 0 Å². The Hall–Kier alpha value is -1.65. The number of carbonyl (C=O) groups is 1. The van der Waals surface area contributed by atoms with Gasteiger partial charge in [0.25, 0.3) is 0 Å². The second-order valence-electron chi connectivity index (χ2n) is 5.12. The molecule has 3 atom stereocenters. The van der Waals surface area contributed by atoms with E-state index in [0.717, 1.165) is 0 Å². The van der Waals surface area contributed by atoms with E-state index in [1.54, 1.807) is 44.2 Å². The highest BCUT2D eigenvalue weighted by Crippen LogP contribution is 2.19. The molecule has 0 aliphatic carbocycles. The fourth-order valence-electron chi connectivity index (χ4n) is 1.99. The highest BCUT2D eigenvalue weighted by atomic mass is 16.5.